The molecule has 34 heavy (non-hydrogen) atoms. The Morgan fingerprint density at radius 1 is 1.09 bits per heavy atom. The Hall–Kier alpha value is -3.76. The second-order valence-electron chi connectivity index (χ2n) is 7.78. The largest absolute Gasteiger partial charge is 0.479 e. The topological polar surface area (TPSA) is 138 Å². The summed E-state index contributed by atoms with van der Waals surface area (Å²) in [4.78, 5) is 39.9. The molecule has 2 aromatic carbocycles. The number of carbonyl (C=O) groups excluding carboxylic acids is 2. The predicted octanol–water partition coefficient (Wildman–Crippen LogP) is 3.38. The lowest BCUT2D eigenvalue weighted by Gasteiger charge is -2.14. The van der Waals surface area contributed by atoms with Gasteiger partial charge in [-0.25, -0.2) is 14.6 Å². The number of aliphatic hydroxyl groups excluding tert-OH is 1. The predicted molar refractivity (Wildman–Crippen MR) is 126 cm³/mol. The van der Waals surface area contributed by atoms with Crippen LogP contribution in [0.1, 0.15) is 38.8 Å². The van der Waals surface area contributed by atoms with Gasteiger partial charge in [0, 0.05) is 18.9 Å². The van der Waals surface area contributed by atoms with Crippen LogP contribution in [0.3, 0.4) is 0 Å². The number of amides is 2. The lowest BCUT2D eigenvalue weighted by molar-refractivity contribution is -0.146. The first-order valence-corrected chi connectivity index (χ1v) is 11.4. The number of aromatic nitrogens is 1. The zero-order valence-electron chi connectivity index (χ0n) is 18.3. The fourth-order valence-electron chi connectivity index (χ4n) is 3.91. The standard InChI is InChI=1S/C24H23N3O6S/c1-13-20(21(29)25-11-10-19(28)22(30)31)34-23(26-13)27-24(32)33-12-18-16-8-4-2-6-14(16)15-7-3-5-9-17(15)18/h2-9,18-19,28H,10-12H2,1H3,(H,25,29)(H,30,31)(H,26,27,32). The number of carboxylic acid groups (broad SMARTS) is 1. The molecule has 0 spiro atoms. The van der Waals surface area contributed by atoms with E-state index in [1.54, 1.807) is 6.92 Å². The Balaban J connectivity index is 1.35. The van der Waals surface area contributed by atoms with E-state index >= 15 is 0 Å². The Morgan fingerprint density at radius 2 is 1.71 bits per heavy atom. The van der Waals surface area contributed by atoms with Gasteiger partial charge >= 0.3 is 12.1 Å². The molecule has 3 aromatic rings. The number of aliphatic hydroxyl groups is 1. The average molecular weight is 482 g/mol. The summed E-state index contributed by atoms with van der Waals surface area (Å²) in [5.41, 5.74) is 4.89. The molecular formula is C24H23N3O6S. The minimum absolute atomic E-state index is 0.0151. The van der Waals surface area contributed by atoms with Gasteiger partial charge in [0.2, 0.25) is 0 Å². The molecular weight excluding hydrogens is 458 g/mol. The third-order valence-corrected chi connectivity index (χ3v) is 6.62. The summed E-state index contributed by atoms with van der Waals surface area (Å²) in [6.07, 6.45) is -2.34. The molecule has 1 aliphatic carbocycles. The normalized spacial score (nSPS) is 13.0. The molecule has 2 amide bonds. The number of nitrogens with zero attached hydrogens (tertiary/aromatic N) is 1. The Kier molecular flexibility index (Phi) is 6.90. The minimum Gasteiger partial charge on any atom is -0.479 e. The number of aliphatic carboxylic acids is 1. The molecule has 1 atom stereocenters. The van der Waals surface area contributed by atoms with Gasteiger partial charge in [0.15, 0.2) is 11.2 Å². The maximum atomic E-state index is 12.4. The van der Waals surface area contributed by atoms with Crippen LogP contribution in [0.15, 0.2) is 48.5 Å². The number of anilines is 1. The number of hydrogen-bond donors (Lipinski definition) is 4. The van der Waals surface area contributed by atoms with Gasteiger partial charge in [-0.15, -0.1) is 0 Å². The van der Waals surface area contributed by atoms with Gasteiger partial charge < -0.3 is 20.3 Å². The van der Waals surface area contributed by atoms with E-state index in [1.165, 1.54) is 0 Å². The molecule has 1 aromatic heterocycles. The van der Waals surface area contributed by atoms with Crippen molar-refractivity contribution in [2.24, 2.45) is 0 Å². The quantitative estimate of drug-likeness (QED) is 0.387. The lowest BCUT2D eigenvalue weighted by Crippen LogP contribution is -2.29. The zero-order valence-corrected chi connectivity index (χ0v) is 19.1. The van der Waals surface area contributed by atoms with Crippen LogP contribution in [-0.2, 0) is 9.53 Å². The first-order chi connectivity index (χ1) is 16.3. The summed E-state index contributed by atoms with van der Waals surface area (Å²) >= 11 is 0.982. The van der Waals surface area contributed by atoms with Crippen molar-refractivity contribution in [1.82, 2.24) is 10.3 Å². The van der Waals surface area contributed by atoms with Crippen molar-refractivity contribution in [3.8, 4) is 11.1 Å². The first-order valence-electron chi connectivity index (χ1n) is 10.6. The number of fused-ring (bicyclic) bond motifs is 3. The minimum atomic E-state index is -1.55. The number of ether oxygens (including phenoxy) is 1. The molecule has 1 unspecified atom stereocenters. The van der Waals surface area contributed by atoms with Crippen LogP contribution in [-0.4, -0.2) is 52.4 Å². The van der Waals surface area contributed by atoms with Crippen LogP contribution in [0.4, 0.5) is 9.93 Å². The van der Waals surface area contributed by atoms with Crippen LogP contribution in [0, 0.1) is 6.92 Å². The molecule has 0 radical (unpaired) electrons. The Bertz CT molecular complexity index is 1200. The average Bonchev–Trinajstić information content (AvgIpc) is 3.34. The SMILES string of the molecule is Cc1nc(NC(=O)OCC2c3ccccc3-c3ccccc32)sc1C(=O)NCCC(O)C(=O)O. The summed E-state index contributed by atoms with van der Waals surface area (Å²) in [5.74, 6) is -1.88. The highest BCUT2D eigenvalue weighted by atomic mass is 32.1. The van der Waals surface area contributed by atoms with E-state index in [0.717, 1.165) is 33.6 Å². The molecule has 0 saturated heterocycles. The smallest absolute Gasteiger partial charge is 0.413 e. The van der Waals surface area contributed by atoms with Gasteiger partial charge in [0.25, 0.3) is 5.91 Å². The first kappa shape index (κ1) is 23.4. The van der Waals surface area contributed by atoms with Crippen LogP contribution in [0.5, 0.6) is 0 Å². The number of nitrogens with one attached hydrogen (secondary N) is 2. The maximum absolute atomic E-state index is 12.4. The fraction of sp³-hybridized carbons (Fsp3) is 0.250. The van der Waals surface area contributed by atoms with E-state index in [4.69, 9.17) is 9.84 Å². The molecule has 4 N–H and O–H groups in total. The Morgan fingerprint density at radius 3 is 2.32 bits per heavy atom. The molecule has 176 valence electrons. The molecule has 0 saturated carbocycles. The van der Waals surface area contributed by atoms with Gasteiger partial charge in [-0.1, -0.05) is 59.9 Å². The Labute approximate surface area is 199 Å². The number of aryl methyl sites for hydroxylation is 1. The van der Waals surface area contributed by atoms with E-state index in [1.807, 2.05) is 36.4 Å². The third kappa shape index (κ3) is 4.92. The molecule has 10 heteroatoms. The van der Waals surface area contributed by atoms with Crippen LogP contribution < -0.4 is 10.6 Å². The van der Waals surface area contributed by atoms with E-state index in [-0.39, 0.29) is 35.5 Å². The van der Waals surface area contributed by atoms with Crippen molar-refractivity contribution < 1.29 is 29.3 Å². The van der Waals surface area contributed by atoms with Crippen molar-refractivity contribution >= 4 is 34.4 Å². The van der Waals surface area contributed by atoms with Crippen molar-refractivity contribution in [1.29, 1.82) is 0 Å². The van der Waals surface area contributed by atoms with Gasteiger partial charge in [-0.05, 0) is 29.2 Å². The van der Waals surface area contributed by atoms with Crippen LogP contribution >= 0.6 is 11.3 Å². The molecule has 0 aliphatic heterocycles. The number of benzene rings is 2. The molecule has 0 bridgehead atoms. The molecule has 4 rings (SSSR count). The summed E-state index contributed by atoms with van der Waals surface area (Å²) in [6, 6.07) is 16.1. The summed E-state index contributed by atoms with van der Waals surface area (Å²) < 4.78 is 5.50. The third-order valence-electron chi connectivity index (χ3n) is 5.54. The summed E-state index contributed by atoms with van der Waals surface area (Å²) in [5, 5.41) is 23.3. The monoisotopic (exact) mass is 481 g/mol. The molecule has 0 fully saturated rings. The summed E-state index contributed by atoms with van der Waals surface area (Å²) in [7, 11) is 0. The molecule has 9 nitrogen and oxygen atoms in total. The number of hydrogen-bond acceptors (Lipinski definition) is 7. The zero-order chi connectivity index (χ0) is 24.2. The highest BCUT2D eigenvalue weighted by Gasteiger charge is 2.29. The van der Waals surface area contributed by atoms with Gasteiger partial charge in [0.05, 0.1) is 5.69 Å². The maximum Gasteiger partial charge on any atom is 0.413 e. The van der Waals surface area contributed by atoms with Crippen LogP contribution in [0.25, 0.3) is 11.1 Å². The van der Waals surface area contributed by atoms with Crippen molar-refractivity contribution in [3.63, 3.8) is 0 Å². The molecule has 1 aliphatic rings. The number of thiazole rings is 1. The van der Waals surface area contributed by atoms with Crippen molar-refractivity contribution in [2.75, 3.05) is 18.5 Å². The van der Waals surface area contributed by atoms with E-state index < -0.39 is 24.1 Å². The molecule has 1 heterocycles. The highest BCUT2D eigenvalue weighted by Crippen LogP contribution is 2.44. The van der Waals surface area contributed by atoms with Crippen molar-refractivity contribution in [3.05, 3.63) is 70.2 Å². The van der Waals surface area contributed by atoms with Gasteiger partial charge in [0.1, 0.15) is 11.5 Å². The lowest BCUT2D eigenvalue weighted by atomic mass is 9.98. The van der Waals surface area contributed by atoms with Crippen LogP contribution in [0.2, 0.25) is 0 Å². The van der Waals surface area contributed by atoms with Gasteiger partial charge in [-0.2, -0.15) is 0 Å². The van der Waals surface area contributed by atoms with E-state index in [0.29, 0.717) is 5.69 Å². The number of carboxylic acids is 1. The number of rotatable bonds is 8. The van der Waals surface area contributed by atoms with Crippen molar-refractivity contribution in [2.45, 2.75) is 25.4 Å². The van der Waals surface area contributed by atoms with E-state index in [9.17, 15) is 19.5 Å². The van der Waals surface area contributed by atoms with E-state index in [2.05, 4.69) is 27.8 Å². The fourth-order valence-corrected chi connectivity index (χ4v) is 4.78. The second kappa shape index (κ2) is 10.0. The summed E-state index contributed by atoms with van der Waals surface area (Å²) in [6.45, 7) is 1.77. The number of carbonyl (C=O) groups is 3. The highest BCUT2D eigenvalue weighted by molar-refractivity contribution is 7.17. The second-order valence-corrected chi connectivity index (χ2v) is 8.78. The van der Waals surface area contributed by atoms with Gasteiger partial charge in [-0.3, -0.25) is 10.1 Å².